The Morgan fingerprint density at radius 1 is 1.11 bits per heavy atom. The highest BCUT2D eigenvalue weighted by Gasteiger charge is 2.06. The second-order valence-corrected chi connectivity index (χ2v) is 5.99. The largest absolute Gasteiger partial charge is 0.260 e. The lowest BCUT2D eigenvalue weighted by Crippen LogP contribution is -1.98. The molecule has 1 aromatic heterocycles. The van der Waals surface area contributed by atoms with Crippen LogP contribution < -0.4 is 0 Å². The van der Waals surface area contributed by atoms with E-state index in [0.29, 0.717) is 11.7 Å². The lowest BCUT2D eigenvalue weighted by Gasteiger charge is -2.06. The molecule has 3 heteroatoms. The Bertz CT molecular complexity index is 520. The molecule has 2 rings (SSSR count). The molecule has 1 heterocycles. The van der Waals surface area contributed by atoms with E-state index >= 15 is 0 Å². The maximum Gasteiger partial charge on any atom is 0.0705 e. The molecule has 0 radical (unpaired) electrons. The van der Waals surface area contributed by atoms with Gasteiger partial charge in [0.05, 0.1) is 22.2 Å². The van der Waals surface area contributed by atoms with E-state index in [1.165, 1.54) is 5.56 Å². The van der Waals surface area contributed by atoms with Crippen molar-refractivity contribution in [3.63, 3.8) is 0 Å². The molecular formula is C15H17NOS. The van der Waals surface area contributed by atoms with Crippen molar-refractivity contribution >= 4 is 10.8 Å². The minimum absolute atomic E-state index is 0.474. The first-order valence-electron chi connectivity index (χ1n) is 6.05. The fourth-order valence-electron chi connectivity index (χ4n) is 1.71. The Morgan fingerprint density at radius 2 is 1.83 bits per heavy atom. The monoisotopic (exact) mass is 259 g/mol. The van der Waals surface area contributed by atoms with Crippen molar-refractivity contribution in [2.45, 2.75) is 30.4 Å². The molecule has 1 atom stereocenters. The van der Waals surface area contributed by atoms with Crippen LogP contribution in [0.5, 0.6) is 0 Å². The smallest absolute Gasteiger partial charge is 0.0705 e. The Labute approximate surface area is 111 Å². The van der Waals surface area contributed by atoms with Gasteiger partial charge in [0.2, 0.25) is 0 Å². The van der Waals surface area contributed by atoms with E-state index in [4.69, 9.17) is 0 Å². The van der Waals surface area contributed by atoms with Gasteiger partial charge < -0.3 is 0 Å². The minimum atomic E-state index is -1.02. The number of aromatic nitrogens is 1. The highest BCUT2D eigenvalue weighted by molar-refractivity contribution is 7.84. The minimum Gasteiger partial charge on any atom is -0.260 e. The average molecular weight is 259 g/mol. The summed E-state index contributed by atoms with van der Waals surface area (Å²) in [7, 11) is -1.02. The number of pyridine rings is 1. The molecule has 0 fully saturated rings. The van der Waals surface area contributed by atoms with Crippen molar-refractivity contribution in [1.29, 1.82) is 0 Å². The second-order valence-electron chi connectivity index (χ2n) is 4.53. The standard InChI is InChI=1S/C15H17NOS/c1-12(2)13-6-8-15(9-7-13)18(17)11-14-5-3-4-10-16-14/h3-10,12H,11H2,1-2H3. The fourth-order valence-corrected chi connectivity index (χ4v) is 2.75. The summed E-state index contributed by atoms with van der Waals surface area (Å²) < 4.78 is 12.2. The molecule has 94 valence electrons. The maximum atomic E-state index is 12.2. The number of rotatable bonds is 4. The average Bonchev–Trinajstić information content (AvgIpc) is 2.40. The Balaban J connectivity index is 2.10. The summed E-state index contributed by atoms with van der Waals surface area (Å²) in [6, 6.07) is 13.7. The van der Waals surface area contributed by atoms with Crippen molar-refractivity contribution in [3.8, 4) is 0 Å². The molecule has 2 nitrogen and oxygen atoms in total. The number of hydrogen-bond acceptors (Lipinski definition) is 2. The predicted molar refractivity (Wildman–Crippen MR) is 74.9 cm³/mol. The molecule has 0 aliphatic rings. The third kappa shape index (κ3) is 3.26. The van der Waals surface area contributed by atoms with E-state index in [9.17, 15) is 4.21 Å². The summed E-state index contributed by atoms with van der Waals surface area (Å²) in [6.45, 7) is 4.31. The van der Waals surface area contributed by atoms with Gasteiger partial charge in [-0.1, -0.05) is 32.0 Å². The normalized spacial score (nSPS) is 12.6. The van der Waals surface area contributed by atoms with Crippen LogP contribution in [-0.4, -0.2) is 9.19 Å². The van der Waals surface area contributed by atoms with Gasteiger partial charge in [0.25, 0.3) is 0 Å². The lowest BCUT2D eigenvalue weighted by molar-refractivity contribution is 0.682. The van der Waals surface area contributed by atoms with Gasteiger partial charge in [0.1, 0.15) is 0 Å². The molecule has 0 saturated carbocycles. The zero-order valence-electron chi connectivity index (χ0n) is 10.7. The molecule has 0 N–H and O–H groups in total. The predicted octanol–water partition coefficient (Wildman–Crippen LogP) is 3.51. The molecular weight excluding hydrogens is 242 g/mol. The van der Waals surface area contributed by atoms with Gasteiger partial charge in [0.15, 0.2) is 0 Å². The van der Waals surface area contributed by atoms with E-state index in [-0.39, 0.29) is 0 Å². The van der Waals surface area contributed by atoms with Crippen LogP contribution in [-0.2, 0) is 16.6 Å². The molecule has 0 aliphatic heterocycles. The molecule has 1 aromatic carbocycles. The lowest BCUT2D eigenvalue weighted by atomic mass is 10.0. The van der Waals surface area contributed by atoms with Crippen LogP contribution in [0, 0.1) is 0 Å². The highest BCUT2D eigenvalue weighted by atomic mass is 32.2. The first-order valence-corrected chi connectivity index (χ1v) is 7.37. The van der Waals surface area contributed by atoms with Gasteiger partial charge in [-0.05, 0) is 35.7 Å². The topological polar surface area (TPSA) is 30.0 Å². The number of hydrogen-bond donors (Lipinski definition) is 0. The zero-order valence-corrected chi connectivity index (χ0v) is 11.5. The summed E-state index contributed by atoms with van der Waals surface area (Å²) in [5.74, 6) is 0.977. The van der Waals surface area contributed by atoms with Crippen LogP contribution in [0.1, 0.15) is 31.0 Å². The van der Waals surface area contributed by atoms with E-state index in [1.54, 1.807) is 6.20 Å². The van der Waals surface area contributed by atoms with Gasteiger partial charge in [-0.25, -0.2) is 0 Å². The summed E-state index contributed by atoms with van der Waals surface area (Å²) in [6.07, 6.45) is 1.73. The second kappa shape index (κ2) is 5.91. The molecule has 0 bridgehead atoms. The van der Waals surface area contributed by atoms with E-state index in [2.05, 4.69) is 31.0 Å². The SMILES string of the molecule is CC(C)c1ccc(S(=O)Cc2ccccn2)cc1. The third-order valence-corrected chi connectivity index (χ3v) is 4.17. The van der Waals surface area contributed by atoms with Gasteiger partial charge >= 0.3 is 0 Å². The van der Waals surface area contributed by atoms with Crippen molar-refractivity contribution < 1.29 is 4.21 Å². The van der Waals surface area contributed by atoms with Gasteiger partial charge in [-0.2, -0.15) is 0 Å². The van der Waals surface area contributed by atoms with Crippen molar-refractivity contribution in [2.24, 2.45) is 0 Å². The zero-order chi connectivity index (χ0) is 13.0. The first-order chi connectivity index (χ1) is 8.66. The van der Waals surface area contributed by atoms with E-state index in [0.717, 1.165) is 10.6 Å². The Hall–Kier alpha value is -1.48. The summed E-state index contributed by atoms with van der Waals surface area (Å²) in [5, 5.41) is 0. The van der Waals surface area contributed by atoms with Gasteiger partial charge in [0, 0.05) is 11.1 Å². The summed E-state index contributed by atoms with van der Waals surface area (Å²) in [5.41, 5.74) is 2.14. The van der Waals surface area contributed by atoms with Crippen LogP contribution >= 0.6 is 0 Å². The number of benzene rings is 1. The molecule has 0 aliphatic carbocycles. The summed E-state index contributed by atoms with van der Waals surface area (Å²) >= 11 is 0. The van der Waals surface area contributed by atoms with Gasteiger partial charge in [-0.3, -0.25) is 9.19 Å². The number of nitrogens with zero attached hydrogens (tertiary/aromatic N) is 1. The van der Waals surface area contributed by atoms with E-state index in [1.807, 2.05) is 30.3 Å². The molecule has 18 heavy (non-hydrogen) atoms. The quantitative estimate of drug-likeness (QED) is 0.841. The Morgan fingerprint density at radius 3 is 2.39 bits per heavy atom. The van der Waals surface area contributed by atoms with Crippen molar-refractivity contribution in [1.82, 2.24) is 4.98 Å². The molecule has 0 amide bonds. The van der Waals surface area contributed by atoms with Crippen LogP contribution in [0.2, 0.25) is 0 Å². The molecule has 0 spiro atoms. The molecule has 2 aromatic rings. The fraction of sp³-hybridized carbons (Fsp3) is 0.267. The van der Waals surface area contributed by atoms with Crippen LogP contribution in [0.25, 0.3) is 0 Å². The molecule has 0 saturated heterocycles. The van der Waals surface area contributed by atoms with Crippen LogP contribution in [0.4, 0.5) is 0 Å². The third-order valence-electron chi connectivity index (χ3n) is 2.81. The summed E-state index contributed by atoms with van der Waals surface area (Å²) in [4.78, 5) is 5.06. The van der Waals surface area contributed by atoms with Crippen LogP contribution in [0.3, 0.4) is 0 Å². The van der Waals surface area contributed by atoms with E-state index < -0.39 is 10.8 Å². The van der Waals surface area contributed by atoms with Crippen molar-refractivity contribution in [3.05, 3.63) is 59.9 Å². The maximum absolute atomic E-state index is 12.2. The van der Waals surface area contributed by atoms with Gasteiger partial charge in [-0.15, -0.1) is 0 Å². The molecule has 1 unspecified atom stereocenters. The first kappa shape index (κ1) is 13.0. The Kier molecular flexibility index (Phi) is 4.26. The van der Waals surface area contributed by atoms with Crippen LogP contribution in [0.15, 0.2) is 53.6 Å². The van der Waals surface area contributed by atoms with Crippen molar-refractivity contribution in [2.75, 3.05) is 0 Å². The highest BCUT2D eigenvalue weighted by Crippen LogP contribution is 2.17.